The van der Waals surface area contributed by atoms with Crippen molar-refractivity contribution in [2.24, 2.45) is 0 Å². The summed E-state index contributed by atoms with van der Waals surface area (Å²) in [4.78, 5) is 34.1. The Morgan fingerprint density at radius 3 is 2.90 bits per heavy atom. The summed E-state index contributed by atoms with van der Waals surface area (Å²) in [5.74, 6) is -0.344. The number of rotatable bonds is 7. The first-order valence-electron chi connectivity index (χ1n) is 9.59. The number of imidazole rings is 1. The highest BCUT2D eigenvalue weighted by Crippen LogP contribution is 2.30. The number of aromatic amines is 1. The van der Waals surface area contributed by atoms with Crippen molar-refractivity contribution < 1.29 is 14.5 Å². The molecular weight excluding hydrogens is 406 g/mol. The second-order valence-electron chi connectivity index (χ2n) is 6.77. The van der Waals surface area contributed by atoms with Gasteiger partial charge in [0, 0.05) is 43.4 Å². The van der Waals surface area contributed by atoms with Crippen LogP contribution < -0.4 is 10.2 Å². The fourth-order valence-electron chi connectivity index (χ4n) is 3.42. The Balaban J connectivity index is 1.42. The molecule has 10 heteroatoms. The molecule has 156 valence electrons. The number of morpholine rings is 1. The lowest BCUT2D eigenvalue weighted by Gasteiger charge is -2.28. The quantitative estimate of drug-likeness (QED) is 0.443. The zero-order valence-corrected chi connectivity index (χ0v) is 17.0. The predicted molar refractivity (Wildman–Crippen MR) is 114 cm³/mol. The van der Waals surface area contributed by atoms with Gasteiger partial charge in [-0.3, -0.25) is 14.9 Å². The van der Waals surface area contributed by atoms with Crippen molar-refractivity contribution in [1.82, 2.24) is 15.3 Å². The van der Waals surface area contributed by atoms with Crippen LogP contribution >= 0.6 is 11.3 Å². The highest BCUT2D eigenvalue weighted by molar-refractivity contribution is 7.13. The number of anilines is 1. The summed E-state index contributed by atoms with van der Waals surface area (Å²) in [5, 5.41) is 16.4. The van der Waals surface area contributed by atoms with Gasteiger partial charge in [0.2, 0.25) is 0 Å². The lowest BCUT2D eigenvalue weighted by molar-refractivity contribution is -0.384. The monoisotopic (exact) mass is 427 g/mol. The van der Waals surface area contributed by atoms with Gasteiger partial charge in [0.25, 0.3) is 11.6 Å². The molecule has 0 unspecified atom stereocenters. The smallest absolute Gasteiger partial charge is 0.293 e. The molecule has 1 aliphatic rings. The molecular formula is C20H21N5O4S. The molecule has 0 bridgehead atoms. The zero-order valence-electron chi connectivity index (χ0n) is 16.2. The molecule has 1 aliphatic heterocycles. The molecule has 9 nitrogen and oxygen atoms in total. The molecule has 3 heterocycles. The number of hydrogen-bond donors (Lipinski definition) is 2. The van der Waals surface area contributed by atoms with Crippen molar-refractivity contribution in [2.45, 2.75) is 6.42 Å². The topological polar surface area (TPSA) is 113 Å². The summed E-state index contributed by atoms with van der Waals surface area (Å²) in [6.45, 7) is 2.62. The van der Waals surface area contributed by atoms with Crippen LogP contribution in [0.25, 0.3) is 10.6 Å². The first kappa shape index (κ1) is 20.0. The van der Waals surface area contributed by atoms with Crippen molar-refractivity contribution >= 4 is 28.6 Å². The van der Waals surface area contributed by atoms with Crippen molar-refractivity contribution in [3.63, 3.8) is 0 Å². The number of nitrogens with one attached hydrogen (secondary N) is 2. The van der Waals surface area contributed by atoms with E-state index in [1.165, 1.54) is 6.07 Å². The third-order valence-electron chi connectivity index (χ3n) is 4.92. The second-order valence-corrected chi connectivity index (χ2v) is 7.72. The van der Waals surface area contributed by atoms with Gasteiger partial charge in [0.05, 0.1) is 29.3 Å². The average molecular weight is 427 g/mol. The van der Waals surface area contributed by atoms with Crippen LogP contribution in [0, 0.1) is 10.1 Å². The highest BCUT2D eigenvalue weighted by atomic mass is 32.1. The van der Waals surface area contributed by atoms with Crippen LogP contribution in [0.2, 0.25) is 0 Å². The molecule has 2 N–H and O–H groups in total. The van der Waals surface area contributed by atoms with Crippen molar-refractivity contribution in [2.75, 3.05) is 37.7 Å². The maximum atomic E-state index is 12.6. The summed E-state index contributed by atoms with van der Waals surface area (Å²) >= 11 is 1.60. The SMILES string of the molecule is O=C(NCCc1[nH]cnc1-c1cccs1)c1ccc(N2CCOCC2)c([N+](=O)[O-])c1. The summed E-state index contributed by atoms with van der Waals surface area (Å²) in [6, 6.07) is 8.57. The molecule has 0 radical (unpaired) electrons. The van der Waals surface area contributed by atoms with Gasteiger partial charge in [-0.15, -0.1) is 11.3 Å². The summed E-state index contributed by atoms with van der Waals surface area (Å²) < 4.78 is 5.31. The molecule has 0 atom stereocenters. The minimum atomic E-state index is -0.445. The maximum absolute atomic E-state index is 12.6. The van der Waals surface area contributed by atoms with Gasteiger partial charge in [-0.25, -0.2) is 4.98 Å². The molecule has 0 spiro atoms. The normalized spacial score (nSPS) is 13.9. The fourth-order valence-corrected chi connectivity index (χ4v) is 4.17. The van der Waals surface area contributed by atoms with Crippen LogP contribution in [0.15, 0.2) is 42.0 Å². The Morgan fingerprint density at radius 1 is 1.33 bits per heavy atom. The molecule has 1 fully saturated rings. The standard InChI is InChI=1S/C20H21N5O4S/c26-20(21-6-5-15-19(23-13-22-15)18-2-1-11-30-18)14-3-4-16(17(12-14)25(27)28)24-7-9-29-10-8-24/h1-4,11-13H,5-10H2,(H,21,26)(H,22,23). The fraction of sp³-hybridized carbons (Fsp3) is 0.300. The van der Waals surface area contributed by atoms with E-state index in [0.717, 1.165) is 16.3 Å². The summed E-state index contributed by atoms with van der Waals surface area (Å²) in [7, 11) is 0. The lowest BCUT2D eigenvalue weighted by atomic mass is 10.1. The minimum absolute atomic E-state index is 0.0712. The Labute approximate surface area is 176 Å². The van der Waals surface area contributed by atoms with E-state index in [0.29, 0.717) is 45.0 Å². The van der Waals surface area contributed by atoms with Gasteiger partial charge in [0.1, 0.15) is 11.4 Å². The van der Waals surface area contributed by atoms with E-state index in [1.807, 2.05) is 22.4 Å². The van der Waals surface area contributed by atoms with Gasteiger partial charge in [0.15, 0.2) is 0 Å². The molecule has 3 aromatic rings. The summed E-state index contributed by atoms with van der Waals surface area (Å²) in [6.07, 6.45) is 2.22. The number of carbonyl (C=O) groups is 1. The zero-order chi connectivity index (χ0) is 20.9. The van der Waals surface area contributed by atoms with Gasteiger partial charge in [-0.1, -0.05) is 6.07 Å². The van der Waals surface area contributed by atoms with Crippen LogP contribution in [0.5, 0.6) is 0 Å². The molecule has 2 aromatic heterocycles. The van der Waals surface area contributed by atoms with Crippen molar-refractivity contribution in [1.29, 1.82) is 0 Å². The third kappa shape index (κ3) is 4.34. The van der Waals surface area contributed by atoms with E-state index in [4.69, 9.17) is 4.74 Å². The number of carbonyl (C=O) groups excluding carboxylic acids is 1. The Morgan fingerprint density at radius 2 is 2.17 bits per heavy atom. The second kappa shape index (κ2) is 9.06. The first-order valence-corrected chi connectivity index (χ1v) is 10.5. The van der Waals surface area contributed by atoms with Gasteiger partial charge in [-0.2, -0.15) is 0 Å². The third-order valence-corrected chi connectivity index (χ3v) is 5.80. The Kier molecular flexibility index (Phi) is 6.05. The number of benzene rings is 1. The van der Waals surface area contributed by atoms with Crippen LogP contribution in [0.3, 0.4) is 0 Å². The molecule has 1 aromatic carbocycles. The first-order chi connectivity index (χ1) is 14.6. The van der Waals surface area contributed by atoms with Gasteiger partial charge < -0.3 is 19.9 Å². The van der Waals surface area contributed by atoms with E-state index < -0.39 is 4.92 Å². The molecule has 0 aliphatic carbocycles. The molecule has 1 amide bonds. The largest absolute Gasteiger partial charge is 0.378 e. The van der Waals surface area contributed by atoms with E-state index in [1.54, 1.807) is 29.8 Å². The number of ether oxygens (including phenoxy) is 1. The lowest BCUT2D eigenvalue weighted by Crippen LogP contribution is -2.36. The number of nitro groups is 1. The molecule has 4 rings (SSSR count). The van der Waals surface area contributed by atoms with Crippen LogP contribution in [-0.2, 0) is 11.2 Å². The van der Waals surface area contributed by atoms with Gasteiger partial charge >= 0.3 is 0 Å². The van der Waals surface area contributed by atoms with E-state index in [2.05, 4.69) is 15.3 Å². The number of nitro benzene ring substituents is 1. The predicted octanol–water partition coefficient (Wildman–Crippen LogP) is 2.86. The highest BCUT2D eigenvalue weighted by Gasteiger charge is 2.23. The number of amides is 1. The summed E-state index contributed by atoms with van der Waals surface area (Å²) in [5.41, 5.74) is 2.52. The Bertz CT molecular complexity index is 1030. The number of nitrogens with zero attached hydrogens (tertiary/aromatic N) is 3. The van der Waals surface area contributed by atoms with E-state index in [9.17, 15) is 14.9 Å². The van der Waals surface area contributed by atoms with Crippen LogP contribution in [0.4, 0.5) is 11.4 Å². The number of aromatic nitrogens is 2. The van der Waals surface area contributed by atoms with E-state index in [-0.39, 0.29) is 17.2 Å². The molecule has 0 saturated carbocycles. The van der Waals surface area contributed by atoms with Crippen LogP contribution in [-0.4, -0.2) is 53.6 Å². The number of hydrogen-bond acceptors (Lipinski definition) is 7. The van der Waals surface area contributed by atoms with E-state index >= 15 is 0 Å². The average Bonchev–Trinajstić information content (AvgIpc) is 3.45. The van der Waals surface area contributed by atoms with Crippen molar-refractivity contribution in [3.05, 3.63) is 63.4 Å². The maximum Gasteiger partial charge on any atom is 0.293 e. The number of thiophene rings is 1. The van der Waals surface area contributed by atoms with Crippen molar-refractivity contribution in [3.8, 4) is 10.6 Å². The Hall–Kier alpha value is -3.24. The number of H-pyrrole nitrogens is 1. The molecule has 1 saturated heterocycles. The van der Waals surface area contributed by atoms with Gasteiger partial charge in [-0.05, 0) is 23.6 Å². The molecule has 30 heavy (non-hydrogen) atoms. The minimum Gasteiger partial charge on any atom is -0.378 e. The van der Waals surface area contributed by atoms with Crippen LogP contribution in [0.1, 0.15) is 16.1 Å².